The molecule has 21 heavy (non-hydrogen) atoms. The molecule has 1 N–H and O–H groups in total. The lowest BCUT2D eigenvalue weighted by Gasteiger charge is -2.08. The molecule has 0 saturated heterocycles. The van der Waals surface area contributed by atoms with E-state index in [0.717, 1.165) is 31.7 Å². The highest BCUT2D eigenvalue weighted by Crippen LogP contribution is 2.18. The predicted octanol–water partition coefficient (Wildman–Crippen LogP) is 2.29. The van der Waals surface area contributed by atoms with Gasteiger partial charge in [0.05, 0.1) is 12.6 Å². The van der Waals surface area contributed by atoms with Crippen LogP contribution in [0.5, 0.6) is 0 Å². The van der Waals surface area contributed by atoms with Crippen LogP contribution in [-0.2, 0) is 16.0 Å². The minimum Gasteiger partial charge on any atom is -0.461 e. The van der Waals surface area contributed by atoms with Crippen molar-refractivity contribution in [3.63, 3.8) is 0 Å². The summed E-state index contributed by atoms with van der Waals surface area (Å²) in [4.78, 5) is 15.9. The molecule has 114 valence electrons. The van der Waals surface area contributed by atoms with Gasteiger partial charge in [0.2, 0.25) is 0 Å². The number of thioether (sulfide) groups is 1. The molecule has 0 radical (unpaired) electrons. The normalized spacial score (nSPS) is 17.6. The van der Waals surface area contributed by atoms with Gasteiger partial charge in [-0.25, -0.2) is 4.79 Å². The van der Waals surface area contributed by atoms with E-state index in [1.54, 1.807) is 0 Å². The van der Waals surface area contributed by atoms with Gasteiger partial charge in [0.25, 0.3) is 0 Å². The number of benzene rings is 1. The van der Waals surface area contributed by atoms with Gasteiger partial charge in [0.1, 0.15) is 0 Å². The molecule has 5 heteroatoms. The second kappa shape index (κ2) is 8.85. The minimum absolute atomic E-state index is 0.186. The number of carbonyl (C=O) groups is 1. The van der Waals surface area contributed by atoms with Crippen LogP contribution in [0.4, 0.5) is 0 Å². The van der Waals surface area contributed by atoms with E-state index in [-0.39, 0.29) is 12.0 Å². The average Bonchev–Trinajstić information content (AvgIpc) is 2.97. The zero-order valence-electron chi connectivity index (χ0n) is 12.4. The number of carbonyl (C=O) groups excluding carboxylic acids is 1. The van der Waals surface area contributed by atoms with E-state index in [2.05, 4.69) is 34.6 Å². The van der Waals surface area contributed by atoms with Crippen LogP contribution in [-0.4, -0.2) is 42.5 Å². The molecule has 1 aromatic carbocycles. The predicted molar refractivity (Wildman–Crippen MR) is 87.9 cm³/mol. The van der Waals surface area contributed by atoms with Gasteiger partial charge < -0.3 is 10.1 Å². The van der Waals surface area contributed by atoms with Crippen LogP contribution in [0.1, 0.15) is 18.9 Å². The van der Waals surface area contributed by atoms with Crippen LogP contribution in [0, 0.1) is 0 Å². The van der Waals surface area contributed by atoms with Gasteiger partial charge in [-0.2, -0.15) is 0 Å². The van der Waals surface area contributed by atoms with Gasteiger partial charge >= 0.3 is 5.97 Å². The van der Waals surface area contributed by atoms with Crippen molar-refractivity contribution in [1.82, 2.24) is 5.32 Å². The Balaban J connectivity index is 1.60. The number of hydrogen-bond acceptors (Lipinski definition) is 5. The van der Waals surface area contributed by atoms with E-state index < -0.39 is 0 Å². The topological polar surface area (TPSA) is 50.7 Å². The van der Waals surface area contributed by atoms with Crippen LogP contribution >= 0.6 is 11.8 Å². The largest absolute Gasteiger partial charge is 0.461 e. The van der Waals surface area contributed by atoms with Crippen molar-refractivity contribution in [2.75, 3.05) is 25.4 Å². The van der Waals surface area contributed by atoms with Gasteiger partial charge in [0.15, 0.2) is 5.04 Å². The van der Waals surface area contributed by atoms with Crippen molar-refractivity contribution in [1.29, 1.82) is 0 Å². The van der Waals surface area contributed by atoms with E-state index >= 15 is 0 Å². The summed E-state index contributed by atoms with van der Waals surface area (Å²) >= 11 is 1.49. The zero-order valence-corrected chi connectivity index (χ0v) is 13.2. The standard InChI is InChI=1S/C16H22N2O2S/c1-2-20-16(19)15-18-14(12-21-15)11-17-10-6-9-13-7-4-3-5-8-13/h3-5,7-8,14,17H,2,6,9-12H2,1H3. The van der Waals surface area contributed by atoms with E-state index in [1.165, 1.54) is 17.3 Å². The average molecular weight is 306 g/mol. The summed E-state index contributed by atoms with van der Waals surface area (Å²) in [6.45, 7) is 4.01. The van der Waals surface area contributed by atoms with Crippen molar-refractivity contribution in [3.8, 4) is 0 Å². The summed E-state index contributed by atoms with van der Waals surface area (Å²) in [5.41, 5.74) is 1.37. The molecule has 1 aromatic rings. The second-order valence-corrected chi connectivity index (χ2v) is 5.92. The first-order chi connectivity index (χ1) is 10.3. The van der Waals surface area contributed by atoms with Crippen molar-refractivity contribution in [3.05, 3.63) is 35.9 Å². The van der Waals surface area contributed by atoms with Gasteiger partial charge in [-0.15, -0.1) is 0 Å². The van der Waals surface area contributed by atoms with E-state index in [0.29, 0.717) is 11.7 Å². The van der Waals surface area contributed by atoms with E-state index in [1.807, 2.05) is 13.0 Å². The summed E-state index contributed by atoms with van der Waals surface area (Å²) in [5.74, 6) is 0.578. The van der Waals surface area contributed by atoms with Crippen LogP contribution in [0.25, 0.3) is 0 Å². The molecule has 0 amide bonds. The number of nitrogens with one attached hydrogen (secondary N) is 1. The first-order valence-corrected chi connectivity index (χ1v) is 8.40. The smallest absolute Gasteiger partial charge is 0.363 e. The third-order valence-corrected chi connectivity index (χ3v) is 4.30. The molecule has 2 rings (SSSR count). The molecule has 0 bridgehead atoms. The monoisotopic (exact) mass is 306 g/mol. The summed E-state index contributed by atoms with van der Waals surface area (Å²) in [6.07, 6.45) is 2.20. The molecule has 0 aromatic heterocycles. The number of ether oxygens (including phenoxy) is 1. The lowest BCUT2D eigenvalue weighted by molar-refractivity contribution is -0.134. The van der Waals surface area contributed by atoms with Crippen molar-refractivity contribution in [2.45, 2.75) is 25.8 Å². The maximum absolute atomic E-state index is 11.5. The number of aryl methyl sites for hydroxylation is 1. The first-order valence-electron chi connectivity index (χ1n) is 7.42. The van der Waals surface area contributed by atoms with Crippen molar-refractivity contribution >= 4 is 22.8 Å². The summed E-state index contributed by atoms with van der Waals surface area (Å²) in [7, 11) is 0. The third-order valence-electron chi connectivity index (χ3n) is 3.20. The maximum atomic E-state index is 11.5. The van der Waals surface area contributed by atoms with E-state index in [9.17, 15) is 4.79 Å². The molecule has 1 unspecified atom stereocenters. The van der Waals surface area contributed by atoms with Gasteiger partial charge in [-0.3, -0.25) is 4.99 Å². The van der Waals surface area contributed by atoms with Gasteiger partial charge in [-0.05, 0) is 31.9 Å². The molecule has 1 heterocycles. The third kappa shape index (κ3) is 5.52. The maximum Gasteiger partial charge on any atom is 0.363 e. The number of rotatable bonds is 8. The second-order valence-electron chi connectivity index (χ2n) is 4.91. The molecule has 1 atom stereocenters. The number of hydrogen-bond donors (Lipinski definition) is 1. The SMILES string of the molecule is CCOC(=O)C1=NC(CNCCCc2ccccc2)CS1. The van der Waals surface area contributed by atoms with Crippen LogP contribution in [0.15, 0.2) is 35.3 Å². The van der Waals surface area contributed by atoms with Crippen LogP contribution < -0.4 is 5.32 Å². The fourth-order valence-corrected chi connectivity index (χ4v) is 3.10. The van der Waals surface area contributed by atoms with Crippen LogP contribution in [0.2, 0.25) is 0 Å². The molecule has 0 saturated carbocycles. The Morgan fingerprint density at radius 3 is 3.00 bits per heavy atom. The number of esters is 1. The number of aliphatic imine (C=N–C) groups is 1. The highest BCUT2D eigenvalue weighted by Gasteiger charge is 2.23. The first kappa shape index (κ1) is 16.0. The summed E-state index contributed by atoms with van der Waals surface area (Å²) in [6, 6.07) is 10.7. The molecule has 1 aliphatic rings. The van der Waals surface area contributed by atoms with Crippen molar-refractivity contribution < 1.29 is 9.53 Å². The number of nitrogens with zero attached hydrogens (tertiary/aromatic N) is 1. The molecule has 4 nitrogen and oxygen atoms in total. The molecular weight excluding hydrogens is 284 g/mol. The highest BCUT2D eigenvalue weighted by molar-refractivity contribution is 8.16. The van der Waals surface area contributed by atoms with E-state index in [4.69, 9.17) is 4.74 Å². The Hall–Kier alpha value is -1.33. The highest BCUT2D eigenvalue weighted by atomic mass is 32.2. The fraction of sp³-hybridized carbons (Fsp3) is 0.500. The molecule has 0 spiro atoms. The molecule has 0 aliphatic carbocycles. The zero-order chi connectivity index (χ0) is 14.9. The van der Waals surface area contributed by atoms with Crippen LogP contribution in [0.3, 0.4) is 0 Å². The molecule has 1 aliphatic heterocycles. The lowest BCUT2D eigenvalue weighted by atomic mass is 10.1. The minimum atomic E-state index is -0.283. The lowest BCUT2D eigenvalue weighted by Crippen LogP contribution is -2.27. The summed E-state index contributed by atoms with van der Waals surface area (Å²) in [5, 5.41) is 3.94. The quantitative estimate of drug-likeness (QED) is 0.591. The fourth-order valence-electron chi connectivity index (χ4n) is 2.16. The Morgan fingerprint density at radius 1 is 1.43 bits per heavy atom. The Kier molecular flexibility index (Phi) is 6.76. The Morgan fingerprint density at radius 2 is 2.24 bits per heavy atom. The molecule has 0 fully saturated rings. The summed E-state index contributed by atoms with van der Waals surface area (Å²) < 4.78 is 4.96. The Labute approximate surface area is 130 Å². The molecular formula is C16H22N2O2S. The van der Waals surface area contributed by atoms with Crippen molar-refractivity contribution in [2.24, 2.45) is 4.99 Å². The Bertz CT molecular complexity index is 476. The van der Waals surface area contributed by atoms with Gasteiger partial charge in [0, 0.05) is 12.3 Å². The van der Waals surface area contributed by atoms with Gasteiger partial charge in [-0.1, -0.05) is 42.1 Å².